The number of carbonyl (C=O) groups is 2. The molecule has 0 spiro atoms. The number of nitrogens with zero attached hydrogens (tertiary/aromatic N) is 1. The number of likely N-dealkylation sites (tertiary alicyclic amines) is 1. The molecule has 2 fully saturated rings. The van der Waals surface area contributed by atoms with Crippen molar-refractivity contribution in [3.63, 3.8) is 0 Å². The molecule has 2 aromatic rings. The van der Waals surface area contributed by atoms with E-state index in [1.54, 1.807) is 43.3 Å². The highest BCUT2D eigenvalue weighted by Gasteiger charge is 2.47. The SMILES string of the molecule is CCOc1ccc(C(O)=C2C(=O)C(=O)N(C[C@H]3CCCO3)[C@H]2c2ccc(O)c(OCC)c2)cc1. The van der Waals surface area contributed by atoms with Crippen molar-refractivity contribution in [3.05, 3.63) is 59.2 Å². The minimum absolute atomic E-state index is 0.0136. The van der Waals surface area contributed by atoms with Crippen LogP contribution in [0.4, 0.5) is 0 Å². The zero-order valence-corrected chi connectivity index (χ0v) is 19.3. The lowest BCUT2D eigenvalue weighted by Gasteiger charge is -2.28. The smallest absolute Gasteiger partial charge is 0.295 e. The third-order valence-electron chi connectivity index (χ3n) is 6.00. The number of benzene rings is 2. The van der Waals surface area contributed by atoms with Crippen molar-refractivity contribution in [2.75, 3.05) is 26.4 Å². The van der Waals surface area contributed by atoms with Crippen LogP contribution in [0.15, 0.2) is 48.0 Å². The lowest BCUT2D eigenvalue weighted by molar-refractivity contribution is -0.140. The first kappa shape index (κ1) is 23.6. The van der Waals surface area contributed by atoms with Gasteiger partial charge in [0.15, 0.2) is 11.5 Å². The molecule has 0 unspecified atom stereocenters. The van der Waals surface area contributed by atoms with Gasteiger partial charge in [-0.3, -0.25) is 9.59 Å². The van der Waals surface area contributed by atoms with Gasteiger partial charge in [-0.05, 0) is 68.7 Å². The summed E-state index contributed by atoms with van der Waals surface area (Å²) in [5, 5.41) is 21.4. The Bertz CT molecular complexity index is 1090. The zero-order valence-electron chi connectivity index (χ0n) is 19.3. The number of phenols is 1. The van der Waals surface area contributed by atoms with E-state index in [1.807, 2.05) is 6.92 Å². The zero-order chi connectivity index (χ0) is 24.2. The van der Waals surface area contributed by atoms with Crippen molar-refractivity contribution in [2.45, 2.75) is 38.8 Å². The molecule has 2 N–H and O–H groups in total. The lowest BCUT2D eigenvalue weighted by Crippen LogP contribution is -2.36. The summed E-state index contributed by atoms with van der Waals surface area (Å²) < 4.78 is 16.7. The van der Waals surface area contributed by atoms with E-state index in [2.05, 4.69) is 0 Å². The number of ketones is 1. The maximum Gasteiger partial charge on any atom is 0.295 e. The molecule has 2 heterocycles. The van der Waals surface area contributed by atoms with E-state index in [0.717, 1.165) is 12.8 Å². The fraction of sp³-hybridized carbons (Fsp3) is 0.385. The van der Waals surface area contributed by atoms with Gasteiger partial charge in [0.1, 0.15) is 11.5 Å². The van der Waals surface area contributed by atoms with Gasteiger partial charge in [-0.1, -0.05) is 6.07 Å². The van der Waals surface area contributed by atoms with Gasteiger partial charge in [-0.25, -0.2) is 0 Å². The van der Waals surface area contributed by atoms with Gasteiger partial charge in [-0.15, -0.1) is 0 Å². The molecule has 8 heteroatoms. The third kappa shape index (κ3) is 4.59. The summed E-state index contributed by atoms with van der Waals surface area (Å²) in [6.45, 7) is 5.33. The number of amides is 1. The summed E-state index contributed by atoms with van der Waals surface area (Å²) in [6, 6.07) is 10.5. The van der Waals surface area contributed by atoms with Crippen LogP contribution >= 0.6 is 0 Å². The third-order valence-corrected chi connectivity index (χ3v) is 6.00. The Labute approximate surface area is 198 Å². The Morgan fingerprint density at radius 2 is 1.82 bits per heavy atom. The molecule has 2 atom stereocenters. The molecule has 2 aliphatic heterocycles. The predicted octanol–water partition coefficient (Wildman–Crippen LogP) is 3.79. The number of aromatic hydroxyl groups is 1. The Hall–Kier alpha value is -3.52. The van der Waals surface area contributed by atoms with Crippen LogP contribution < -0.4 is 9.47 Å². The predicted molar refractivity (Wildman–Crippen MR) is 125 cm³/mol. The average molecular weight is 468 g/mol. The van der Waals surface area contributed by atoms with Gasteiger partial charge in [-0.2, -0.15) is 0 Å². The number of Topliss-reactive ketones (excluding diaryl/α,β-unsaturated/α-hetero) is 1. The van der Waals surface area contributed by atoms with Crippen LogP contribution in [0.25, 0.3) is 5.76 Å². The summed E-state index contributed by atoms with van der Waals surface area (Å²) in [5.74, 6) is -0.905. The molecular formula is C26H29NO7. The Morgan fingerprint density at radius 3 is 2.47 bits per heavy atom. The molecule has 1 amide bonds. The largest absolute Gasteiger partial charge is 0.507 e. The van der Waals surface area contributed by atoms with Crippen molar-refractivity contribution in [1.29, 1.82) is 0 Å². The summed E-state index contributed by atoms with van der Waals surface area (Å²) in [5.41, 5.74) is 0.929. The number of ether oxygens (including phenoxy) is 3. The van der Waals surface area contributed by atoms with Gasteiger partial charge in [0, 0.05) is 18.7 Å². The number of carbonyl (C=O) groups excluding carboxylic acids is 2. The van der Waals surface area contributed by atoms with Gasteiger partial charge in [0.25, 0.3) is 11.7 Å². The van der Waals surface area contributed by atoms with Crippen molar-refractivity contribution < 1.29 is 34.0 Å². The van der Waals surface area contributed by atoms with Crippen LogP contribution in [-0.2, 0) is 14.3 Å². The molecule has 180 valence electrons. The molecule has 2 aromatic carbocycles. The van der Waals surface area contributed by atoms with Crippen LogP contribution in [0.3, 0.4) is 0 Å². The maximum atomic E-state index is 13.2. The molecule has 0 radical (unpaired) electrons. The Kier molecular flexibility index (Phi) is 7.07. The van der Waals surface area contributed by atoms with E-state index >= 15 is 0 Å². The number of aliphatic hydroxyl groups is 1. The maximum absolute atomic E-state index is 13.2. The van der Waals surface area contributed by atoms with Crippen LogP contribution in [-0.4, -0.2) is 59.3 Å². The number of aliphatic hydroxyl groups excluding tert-OH is 1. The molecule has 0 aliphatic carbocycles. The Balaban J connectivity index is 1.81. The first-order valence-corrected chi connectivity index (χ1v) is 11.5. The van der Waals surface area contributed by atoms with Gasteiger partial charge >= 0.3 is 0 Å². The molecule has 2 saturated heterocycles. The van der Waals surface area contributed by atoms with Crippen molar-refractivity contribution in [1.82, 2.24) is 4.90 Å². The summed E-state index contributed by atoms with van der Waals surface area (Å²) >= 11 is 0. The normalized spacial score (nSPS) is 21.8. The summed E-state index contributed by atoms with van der Waals surface area (Å²) in [7, 11) is 0. The number of phenolic OH excluding ortho intramolecular Hbond substituents is 1. The molecule has 0 bridgehead atoms. The second-order valence-electron chi connectivity index (χ2n) is 8.20. The Morgan fingerprint density at radius 1 is 1.09 bits per heavy atom. The molecule has 8 nitrogen and oxygen atoms in total. The fourth-order valence-corrected chi connectivity index (χ4v) is 4.43. The highest BCUT2D eigenvalue weighted by Crippen LogP contribution is 2.42. The van der Waals surface area contributed by atoms with E-state index in [4.69, 9.17) is 14.2 Å². The van der Waals surface area contributed by atoms with Crippen LogP contribution in [0, 0.1) is 0 Å². The van der Waals surface area contributed by atoms with E-state index < -0.39 is 17.7 Å². The molecule has 0 saturated carbocycles. The van der Waals surface area contributed by atoms with Crippen LogP contribution in [0.1, 0.15) is 43.9 Å². The molecule has 34 heavy (non-hydrogen) atoms. The van der Waals surface area contributed by atoms with Crippen molar-refractivity contribution >= 4 is 17.4 Å². The fourth-order valence-electron chi connectivity index (χ4n) is 4.43. The summed E-state index contributed by atoms with van der Waals surface area (Å²) in [6.07, 6.45) is 1.49. The lowest BCUT2D eigenvalue weighted by atomic mass is 9.94. The first-order chi connectivity index (χ1) is 16.4. The average Bonchev–Trinajstić information content (AvgIpc) is 3.43. The van der Waals surface area contributed by atoms with Gasteiger partial charge in [0.2, 0.25) is 0 Å². The second kappa shape index (κ2) is 10.2. The highest BCUT2D eigenvalue weighted by atomic mass is 16.5. The van der Waals surface area contributed by atoms with E-state index in [1.165, 1.54) is 11.0 Å². The van der Waals surface area contributed by atoms with Gasteiger partial charge in [0.05, 0.1) is 30.9 Å². The number of rotatable bonds is 8. The second-order valence-corrected chi connectivity index (χ2v) is 8.20. The minimum atomic E-state index is -0.851. The molecular weight excluding hydrogens is 438 g/mol. The van der Waals surface area contributed by atoms with Crippen molar-refractivity contribution in [3.8, 4) is 17.2 Å². The monoisotopic (exact) mass is 467 g/mol. The molecule has 2 aliphatic rings. The van der Waals surface area contributed by atoms with E-state index in [0.29, 0.717) is 36.7 Å². The topological polar surface area (TPSA) is 106 Å². The number of hydrogen-bond donors (Lipinski definition) is 2. The minimum Gasteiger partial charge on any atom is -0.507 e. The van der Waals surface area contributed by atoms with Gasteiger partial charge < -0.3 is 29.3 Å². The molecule has 0 aromatic heterocycles. The van der Waals surface area contributed by atoms with Crippen molar-refractivity contribution in [2.24, 2.45) is 0 Å². The number of hydrogen-bond acceptors (Lipinski definition) is 7. The van der Waals surface area contributed by atoms with E-state index in [9.17, 15) is 19.8 Å². The molecule has 4 rings (SSSR count). The quantitative estimate of drug-likeness (QED) is 0.346. The van der Waals surface area contributed by atoms with Crippen LogP contribution in [0.5, 0.6) is 17.2 Å². The standard InChI is InChI=1S/C26H29NO7/c1-3-32-18-10-7-16(8-11-18)24(29)22-23(17-9-12-20(28)21(14-17)33-4-2)27(26(31)25(22)30)15-19-6-5-13-34-19/h7-12,14,19,23,28-29H,3-6,13,15H2,1-2H3/t19-,23+/m1/s1. The summed E-state index contributed by atoms with van der Waals surface area (Å²) in [4.78, 5) is 27.7. The van der Waals surface area contributed by atoms with E-state index in [-0.39, 0.29) is 35.5 Å². The van der Waals surface area contributed by atoms with Crippen LogP contribution in [0.2, 0.25) is 0 Å². The highest BCUT2D eigenvalue weighted by molar-refractivity contribution is 6.46. The first-order valence-electron chi connectivity index (χ1n) is 11.5.